The van der Waals surface area contributed by atoms with Gasteiger partial charge in [-0.1, -0.05) is 37.1 Å². The number of methoxy groups -OCH3 is 1. The molecule has 184 valence electrons. The van der Waals surface area contributed by atoms with Gasteiger partial charge >= 0.3 is 12.1 Å². The summed E-state index contributed by atoms with van der Waals surface area (Å²) in [5.74, 6) is -1.54. The van der Waals surface area contributed by atoms with Crippen molar-refractivity contribution in [2.24, 2.45) is 0 Å². The lowest BCUT2D eigenvalue weighted by atomic mass is 9.96. The van der Waals surface area contributed by atoms with E-state index in [1.165, 1.54) is 12.0 Å². The first-order valence-corrected chi connectivity index (χ1v) is 11.1. The molecule has 1 aromatic rings. The van der Waals surface area contributed by atoms with Gasteiger partial charge in [-0.2, -0.15) is 0 Å². The summed E-state index contributed by atoms with van der Waals surface area (Å²) in [5.41, 5.74) is 1.70. The van der Waals surface area contributed by atoms with E-state index >= 15 is 0 Å². The van der Waals surface area contributed by atoms with Gasteiger partial charge in [-0.25, -0.2) is 4.79 Å². The van der Waals surface area contributed by atoms with Crippen LogP contribution in [0.5, 0.6) is 0 Å². The quantitative estimate of drug-likeness (QED) is 0.516. The van der Waals surface area contributed by atoms with Gasteiger partial charge in [0.1, 0.15) is 24.7 Å². The van der Waals surface area contributed by atoms with Gasteiger partial charge in [0, 0.05) is 6.54 Å². The van der Waals surface area contributed by atoms with Gasteiger partial charge in [-0.15, -0.1) is 0 Å². The number of hydrogen-bond donors (Lipinski definition) is 2. The molecule has 3 amide bonds. The molecule has 0 aliphatic rings. The van der Waals surface area contributed by atoms with Crippen LogP contribution >= 0.6 is 0 Å². The Kier molecular flexibility index (Phi) is 10.8. The van der Waals surface area contributed by atoms with Gasteiger partial charge in [0.15, 0.2) is 0 Å². The van der Waals surface area contributed by atoms with Gasteiger partial charge in [-0.05, 0) is 52.2 Å². The summed E-state index contributed by atoms with van der Waals surface area (Å²) in [6, 6.07) is 4.68. The van der Waals surface area contributed by atoms with Crippen molar-refractivity contribution in [1.29, 1.82) is 0 Å². The number of esters is 1. The fraction of sp³-hybridized carbons (Fsp3) is 0.583. The van der Waals surface area contributed by atoms with Crippen LogP contribution in [0.2, 0.25) is 0 Å². The molecular weight excluding hydrogens is 426 g/mol. The first kappa shape index (κ1) is 27.9. The summed E-state index contributed by atoms with van der Waals surface area (Å²) in [5, 5.41) is 5.04. The second-order valence-corrected chi connectivity index (χ2v) is 8.85. The molecular formula is C24H37N3O6. The molecule has 0 radical (unpaired) electrons. The van der Waals surface area contributed by atoms with Gasteiger partial charge < -0.3 is 25.0 Å². The lowest BCUT2D eigenvalue weighted by molar-refractivity contribution is -0.143. The Morgan fingerprint density at radius 1 is 1.06 bits per heavy atom. The van der Waals surface area contributed by atoms with Crippen LogP contribution < -0.4 is 10.6 Å². The van der Waals surface area contributed by atoms with E-state index in [0.29, 0.717) is 18.5 Å². The van der Waals surface area contributed by atoms with Crippen LogP contribution in [-0.4, -0.2) is 61.1 Å². The Bertz CT molecular complexity index is 847. The number of nitrogens with one attached hydrogen (secondary N) is 2. The molecule has 9 heteroatoms. The number of carbonyl (C=O) groups excluding carboxylic acids is 4. The lowest BCUT2D eigenvalue weighted by Gasteiger charge is -2.32. The Morgan fingerprint density at radius 2 is 1.73 bits per heavy atom. The third-order valence-corrected chi connectivity index (χ3v) is 4.78. The maximum atomic E-state index is 13.2. The summed E-state index contributed by atoms with van der Waals surface area (Å²) in [4.78, 5) is 51.5. The van der Waals surface area contributed by atoms with E-state index < -0.39 is 35.5 Å². The van der Waals surface area contributed by atoms with Crippen LogP contribution in [0.4, 0.5) is 4.79 Å². The molecule has 1 rings (SSSR count). The number of ether oxygens (including phenoxy) is 2. The Balaban J connectivity index is 3.25. The third kappa shape index (κ3) is 9.51. The molecule has 1 unspecified atom stereocenters. The fourth-order valence-corrected chi connectivity index (χ4v) is 3.12. The first-order chi connectivity index (χ1) is 15.4. The smallest absolute Gasteiger partial charge is 0.408 e. The highest BCUT2D eigenvalue weighted by Gasteiger charge is 2.32. The molecule has 0 aliphatic heterocycles. The van der Waals surface area contributed by atoms with Crippen molar-refractivity contribution in [1.82, 2.24) is 15.5 Å². The van der Waals surface area contributed by atoms with Crippen molar-refractivity contribution in [3.05, 3.63) is 34.9 Å². The van der Waals surface area contributed by atoms with E-state index in [1.54, 1.807) is 20.8 Å². The number of alkyl carbamates (subject to hydrolysis) is 1. The van der Waals surface area contributed by atoms with E-state index in [9.17, 15) is 19.2 Å². The van der Waals surface area contributed by atoms with Gasteiger partial charge in [0.05, 0.1) is 7.11 Å². The van der Waals surface area contributed by atoms with Crippen LogP contribution in [0.15, 0.2) is 18.2 Å². The highest BCUT2D eigenvalue weighted by atomic mass is 16.6. The predicted molar refractivity (Wildman–Crippen MR) is 125 cm³/mol. The summed E-state index contributed by atoms with van der Waals surface area (Å²) in [7, 11) is 1.23. The maximum Gasteiger partial charge on any atom is 0.408 e. The number of aryl methyl sites for hydroxylation is 2. The summed E-state index contributed by atoms with van der Waals surface area (Å²) < 4.78 is 9.81. The number of amides is 3. The van der Waals surface area contributed by atoms with Crippen molar-refractivity contribution >= 4 is 23.9 Å². The zero-order valence-corrected chi connectivity index (χ0v) is 20.7. The van der Waals surface area contributed by atoms with Crippen molar-refractivity contribution in [3.8, 4) is 0 Å². The number of nitrogens with zero attached hydrogens (tertiary/aromatic N) is 1. The minimum atomic E-state index is -0.978. The van der Waals surface area contributed by atoms with Crippen LogP contribution in [0.1, 0.15) is 63.3 Å². The molecule has 0 saturated heterocycles. The van der Waals surface area contributed by atoms with Crippen molar-refractivity contribution in [2.75, 3.05) is 26.7 Å². The molecule has 1 atom stereocenters. The third-order valence-electron chi connectivity index (χ3n) is 4.78. The normalized spacial score (nSPS) is 11.8. The molecule has 0 fully saturated rings. The highest BCUT2D eigenvalue weighted by Crippen LogP contribution is 2.26. The molecule has 33 heavy (non-hydrogen) atoms. The monoisotopic (exact) mass is 463 g/mol. The Labute approximate surface area is 196 Å². The molecule has 0 spiro atoms. The first-order valence-electron chi connectivity index (χ1n) is 11.1. The SMILES string of the molecule is CCCCN(C(=O)CNC(=O)OC(C)(C)C)C(C(=O)NCC(=O)OC)c1cc(C)ccc1C. The van der Waals surface area contributed by atoms with Crippen LogP contribution in [0.25, 0.3) is 0 Å². The molecule has 0 heterocycles. The topological polar surface area (TPSA) is 114 Å². The Hall–Kier alpha value is -3.10. The maximum absolute atomic E-state index is 13.2. The average Bonchev–Trinajstić information content (AvgIpc) is 2.73. The van der Waals surface area contributed by atoms with Crippen molar-refractivity contribution in [2.45, 2.75) is 66.0 Å². The van der Waals surface area contributed by atoms with Crippen LogP contribution in [0, 0.1) is 13.8 Å². The molecule has 0 aliphatic carbocycles. The highest BCUT2D eigenvalue weighted by molar-refractivity contribution is 5.92. The van der Waals surface area contributed by atoms with Crippen LogP contribution in [-0.2, 0) is 23.9 Å². The second kappa shape index (κ2) is 12.8. The molecule has 9 nitrogen and oxygen atoms in total. The minimum absolute atomic E-state index is 0.301. The van der Waals surface area contributed by atoms with Crippen LogP contribution in [0.3, 0.4) is 0 Å². The lowest BCUT2D eigenvalue weighted by Crippen LogP contribution is -2.49. The molecule has 0 bridgehead atoms. The van der Waals surface area contributed by atoms with Gasteiger partial charge in [0.2, 0.25) is 11.8 Å². The largest absolute Gasteiger partial charge is 0.468 e. The number of unbranched alkanes of at least 4 members (excludes halogenated alkanes) is 1. The molecule has 0 saturated carbocycles. The summed E-state index contributed by atoms with van der Waals surface area (Å²) >= 11 is 0. The summed E-state index contributed by atoms with van der Waals surface area (Å²) in [6.45, 7) is 10.6. The molecule has 0 aromatic heterocycles. The van der Waals surface area contributed by atoms with Gasteiger partial charge in [0.25, 0.3) is 0 Å². The zero-order chi connectivity index (χ0) is 25.2. The van der Waals surface area contributed by atoms with E-state index in [-0.39, 0.29) is 13.1 Å². The number of rotatable bonds is 10. The molecule has 1 aromatic carbocycles. The van der Waals surface area contributed by atoms with E-state index in [2.05, 4.69) is 15.4 Å². The Morgan fingerprint density at radius 3 is 2.30 bits per heavy atom. The van der Waals surface area contributed by atoms with E-state index in [4.69, 9.17) is 4.74 Å². The molecule has 2 N–H and O–H groups in total. The van der Waals surface area contributed by atoms with Gasteiger partial charge in [-0.3, -0.25) is 14.4 Å². The predicted octanol–water partition coefficient (Wildman–Crippen LogP) is 2.79. The second-order valence-electron chi connectivity index (χ2n) is 8.85. The number of carbonyl (C=O) groups is 4. The van der Waals surface area contributed by atoms with E-state index in [1.807, 2.05) is 39.0 Å². The number of hydrogen-bond acceptors (Lipinski definition) is 6. The fourth-order valence-electron chi connectivity index (χ4n) is 3.12. The van der Waals surface area contributed by atoms with Crippen molar-refractivity contribution in [3.63, 3.8) is 0 Å². The average molecular weight is 464 g/mol. The standard InChI is InChI=1S/C24H37N3O6/c1-8-9-12-27(19(28)14-26-23(31)33-24(4,5)6)21(22(30)25-15-20(29)32-7)18-13-16(2)10-11-17(18)3/h10-11,13,21H,8-9,12,14-15H2,1-7H3,(H,25,30)(H,26,31). The van der Waals surface area contributed by atoms with Crippen molar-refractivity contribution < 1.29 is 28.7 Å². The zero-order valence-electron chi connectivity index (χ0n) is 20.7. The minimum Gasteiger partial charge on any atom is -0.468 e. The number of benzene rings is 1. The summed E-state index contributed by atoms with van der Waals surface area (Å²) in [6.07, 6.45) is 0.737. The van der Waals surface area contributed by atoms with E-state index in [0.717, 1.165) is 17.5 Å².